The molecular weight excluding hydrogens is 408 g/mol. The molecule has 2 fully saturated rings. The summed E-state index contributed by atoms with van der Waals surface area (Å²) in [6, 6.07) is 7.15. The Labute approximate surface area is 186 Å². The van der Waals surface area contributed by atoms with E-state index in [-0.39, 0.29) is 24.1 Å². The van der Waals surface area contributed by atoms with E-state index in [2.05, 4.69) is 5.32 Å². The van der Waals surface area contributed by atoms with Gasteiger partial charge in [0, 0.05) is 43.9 Å². The monoisotopic (exact) mass is 436 g/mol. The van der Waals surface area contributed by atoms with Crippen molar-refractivity contribution in [1.29, 1.82) is 0 Å². The van der Waals surface area contributed by atoms with E-state index < -0.39 is 6.04 Å². The number of imide groups is 1. The van der Waals surface area contributed by atoms with Crippen LogP contribution in [0.3, 0.4) is 0 Å². The first-order chi connectivity index (χ1) is 15.5. The van der Waals surface area contributed by atoms with Crippen molar-refractivity contribution in [1.82, 2.24) is 20.0 Å². The molecule has 0 bridgehead atoms. The summed E-state index contributed by atoms with van der Waals surface area (Å²) >= 11 is 0. The molecule has 1 saturated heterocycles. The summed E-state index contributed by atoms with van der Waals surface area (Å²) in [7, 11) is 1.79. The fourth-order valence-electron chi connectivity index (χ4n) is 5.17. The molecule has 1 N–H and O–H groups in total. The molecule has 1 aliphatic carbocycles. The molecule has 1 aromatic carbocycles. The van der Waals surface area contributed by atoms with Crippen LogP contribution in [0.15, 0.2) is 30.5 Å². The Morgan fingerprint density at radius 1 is 1.09 bits per heavy atom. The first-order valence-corrected chi connectivity index (χ1v) is 11.4. The second-order valence-corrected chi connectivity index (χ2v) is 9.07. The summed E-state index contributed by atoms with van der Waals surface area (Å²) in [5, 5.41) is 7.11. The van der Waals surface area contributed by atoms with Crippen molar-refractivity contribution in [2.45, 2.75) is 63.8 Å². The van der Waals surface area contributed by atoms with Crippen LogP contribution in [0.1, 0.15) is 54.4 Å². The number of amides is 3. The second-order valence-electron chi connectivity index (χ2n) is 9.07. The minimum atomic E-state index is -0.594. The van der Waals surface area contributed by atoms with Gasteiger partial charge in [0.05, 0.1) is 11.8 Å². The number of ether oxygens (including phenoxy) is 1. The van der Waals surface area contributed by atoms with E-state index in [1.165, 1.54) is 0 Å². The van der Waals surface area contributed by atoms with Crippen molar-refractivity contribution in [3.63, 3.8) is 0 Å². The van der Waals surface area contributed by atoms with Gasteiger partial charge in [-0.2, -0.15) is 5.10 Å². The van der Waals surface area contributed by atoms with E-state index in [1.807, 2.05) is 35.1 Å². The fraction of sp³-hybridized carbons (Fsp3) is 0.500. The molecule has 0 radical (unpaired) electrons. The second kappa shape index (κ2) is 8.50. The van der Waals surface area contributed by atoms with Gasteiger partial charge in [0.2, 0.25) is 11.8 Å². The highest BCUT2D eigenvalue weighted by Crippen LogP contribution is 2.31. The maximum Gasteiger partial charge on any atom is 0.255 e. The van der Waals surface area contributed by atoms with Crippen LogP contribution in [-0.4, -0.2) is 51.7 Å². The number of hydrogen-bond donors (Lipinski definition) is 1. The van der Waals surface area contributed by atoms with Crippen molar-refractivity contribution < 1.29 is 19.1 Å². The van der Waals surface area contributed by atoms with Gasteiger partial charge in [-0.1, -0.05) is 6.07 Å². The first-order valence-electron chi connectivity index (χ1n) is 11.4. The largest absolute Gasteiger partial charge is 0.381 e. The van der Waals surface area contributed by atoms with Crippen LogP contribution in [0.5, 0.6) is 0 Å². The topological polar surface area (TPSA) is 93.5 Å². The van der Waals surface area contributed by atoms with Crippen LogP contribution < -0.4 is 5.32 Å². The van der Waals surface area contributed by atoms with Gasteiger partial charge in [0.1, 0.15) is 6.04 Å². The Morgan fingerprint density at radius 2 is 1.91 bits per heavy atom. The van der Waals surface area contributed by atoms with Crippen LogP contribution in [0, 0.1) is 5.92 Å². The number of carbonyl (C=O) groups excluding carboxylic acids is 3. The van der Waals surface area contributed by atoms with E-state index in [1.54, 1.807) is 12.0 Å². The zero-order chi connectivity index (χ0) is 22.2. The van der Waals surface area contributed by atoms with Gasteiger partial charge in [-0.3, -0.25) is 24.4 Å². The number of hydrogen-bond acceptors (Lipinski definition) is 5. The Bertz CT molecular complexity index is 1050. The summed E-state index contributed by atoms with van der Waals surface area (Å²) in [5.74, 6) is -0.201. The van der Waals surface area contributed by atoms with E-state index in [0.717, 1.165) is 49.0 Å². The van der Waals surface area contributed by atoms with Gasteiger partial charge in [-0.25, -0.2) is 0 Å². The maximum absolute atomic E-state index is 12.9. The summed E-state index contributed by atoms with van der Waals surface area (Å²) in [6.07, 6.45) is 7.57. The zero-order valence-corrected chi connectivity index (χ0v) is 18.3. The standard InChI is InChI=1S/C24H28N4O4/c1-32-18-5-2-15(3-6-18)13-27-11-10-20(26-27)16-4-7-19-17(12-16)14-28(24(19)31)21-8-9-22(29)25-23(21)30/h4,7,10-12,15,18,21H,2-3,5-6,8-9,13-14H2,1H3,(H,25,29,30)/t15-,18-,21?. The smallest absolute Gasteiger partial charge is 0.255 e. The number of piperidine rings is 1. The minimum Gasteiger partial charge on any atom is -0.381 e. The first kappa shape index (κ1) is 20.9. The van der Waals surface area contributed by atoms with Crippen molar-refractivity contribution >= 4 is 17.7 Å². The molecule has 2 aromatic rings. The Morgan fingerprint density at radius 3 is 2.66 bits per heavy atom. The van der Waals surface area contributed by atoms with Gasteiger partial charge < -0.3 is 9.64 Å². The number of nitrogens with zero attached hydrogens (tertiary/aromatic N) is 3. The third-order valence-corrected chi connectivity index (χ3v) is 7.03. The van der Waals surface area contributed by atoms with Crippen molar-refractivity contribution in [3.05, 3.63) is 41.6 Å². The molecule has 2 aliphatic heterocycles. The van der Waals surface area contributed by atoms with E-state index in [0.29, 0.717) is 30.6 Å². The van der Waals surface area contributed by atoms with Gasteiger partial charge in [-0.05, 0) is 61.8 Å². The summed E-state index contributed by atoms with van der Waals surface area (Å²) < 4.78 is 7.48. The molecule has 8 nitrogen and oxygen atoms in total. The number of nitrogens with one attached hydrogen (secondary N) is 1. The van der Waals surface area contributed by atoms with Crippen LogP contribution >= 0.6 is 0 Å². The molecule has 1 aromatic heterocycles. The summed E-state index contributed by atoms with van der Waals surface area (Å²) in [4.78, 5) is 38.1. The van der Waals surface area contributed by atoms with Gasteiger partial charge in [0.15, 0.2) is 0 Å². The lowest BCUT2D eigenvalue weighted by atomic mass is 9.87. The highest BCUT2D eigenvalue weighted by atomic mass is 16.5. The molecule has 3 amide bonds. The SMILES string of the molecule is CO[C@H]1CC[C@H](Cn2ccc(-c3ccc4c(c3)CN(C3CCC(=O)NC3=O)C4=O)n2)CC1. The third kappa shape index (κ3) is 3.95. The maximum atomic E-state index is 12.9. The predicted octanol–water partition coefficient (Wildman–Crippen LogP) is 2.52. The lowest BCUT2D eigenvalue weighted by Crippen LogP contribution is -2.52. The number of aromatic nitrogens is 2. The normalized spacial score (nSPS) is 25.7. The molecule has 1 saturated carbocycles. The van der Waals surface area contributed by atoms with Gasteiger partial charge in [0.25, 0.3) is 5.91 Å². The molecule has 5 rings (SSSR count). The van der Waals surface area contributed by atoms with Gasteiger partial charge in [-0.15, -0.1) is 0 Å². The molecule has 1 unspecified atom stereocenters. The Balaban J connectivity index is 1.27. The van der Waals surface area contributed by atoms with Crippen LogP contribution in [0.4, 0.5) is 0 Å². The molecule has 168 valence electrons. The molecule has 32 heavy (non-hydrogen) atoms. The highest BCUT2D eigenvalue weighted by molar-refractivity contribution is 6.05. The lowest BCUT2D eigenvalue weighted by Gasteiger charge is -2.29. The number of fused-ring (bicyclic) bond motifs is 1. The lowest BCUT2D eigenvalue weighted by molar-refractivity contribution is -0.136. The predicted molar refractivity (Wildman–Crippen MR) is 116 cm³/mol. The number of rotatable bonds is 5. The zero-order valence-electron chi connectivity index (χ0n) is 18.3. The van der Waals surface area contributed by atoms with Crippen molar-refractivity contribution in [2.75, 3.05) is 7.11 Å². The number of methoxy groups -OCH3 is 1. The summed E-state index contributed by atoms with van der Waals surface area (Å²) in [6.45, 7) is 1.28. The molecule has 8 heteroatoms. The average molecular weight is 437 g/mol. The van der Waals surface area contributed by atoms with E-state index >= 15 is 0 Å². The third-order valence-electron chi connectivity index (χ3n) is 7.03. The fourth-order valence-corrected chi connectivity index (χ4v) is 5.17. The molecule has 3 heterocycles. The van der Waals surface area contributed by atoms with E-state index in [4.69, 9.17) is 9.84 Å². The van der Waals surface area contributed by atoms with Crippen molar-refractivity contribution in [2.24, 2.45) is 5.92 Å². The Kier molecular flexibility index (Phi) is 5.55. The molecule has 3 aliphatic rings. The number of benzene rings is 1. The average Bonchev–Trinajstić information content (AvgIpc) is 3.39. The minimum absolute atomic E-state index is 0.154. The van der Waals surface area contributed by atoms with Gasteiger partial charge >= 0.3 is 0 Å². The van der Waals surface area contributed by atoms with Crippen LogP contribution in [0.25, 0.3) is 11.3 Å². The number of carbonyl (C=O) groups is 3. The highest BCUT2D eigenvalue weighted by Gasteiger charge is 2.39. The van der Waals surface area contributed by atoms with Crippen molar-refractivity contribution in [3.8, 4) is 11.3 Å². The van der Waals surface area contributed by atoms with Crippen LogP contribution in [0.2, 0.25) is 0 Å². The molecule has 0 spiro atoms. The Hall–Kier alpha value is -3.00. The van der Waals surface area contributed by atoms with Crippen LogP contribution in [-0.2, 0) is 27.4 Å². The quantitative estimate of drug-likeness (QED) is 0.727. The summed E-state index contributed by atoms with van der Waals surface area (Å²) in [5.41, 5.74) is 3.35. The molecule has 1 atom stereocenters. The van der Waals surface area contributed by atoms with E-state index in [9.17, 15) is 14.4 Å². The molecular formula is C24H28N4O4.